The predicted octanol–water partition coefficient (Wildman–Crippen LogP) is 2.60. The Morgan fingerprint density at radius 3 is 2.39 bits per heavy atom. The molecular weight excluding hydrogens is 423 g/mol. The molecule has 0 bridgehead atoms. The zero-order valence-corrected chi connectivity index (χ0v) is 16.0. The van der Waals surface area contributed by atoms with Crippen molar-refractivity contribution in [1.82, 2.24) is 4.90 Å². The molecule has 1 aromatic carbocycles. The Morgan fingerprint density at radius 1 is 1.21 bits per heavy atom. The largest absolute Gasteiger partial charge is 0.481 e. The van der Waals surface area contributed by atoms with Gasteiger partial charge in [-0.25, -0.2) is 21.6 Å². The number of carbonyl (C=O) groups is 2. The summed E-state index contributed by atoms with van der Waals surface area (Å²) < 4.78 is 65.8. The van der Waals surface area contributed by atoms with E-state index in [1.807, 2.05) is 0 Å². The summed E-state index contributed by atoms with van der Waals surface area (Å²) in [5, 5.41) is 7.85. The van der Waals surface area contributed by atoms with Gasteiger partial charge in [0.15, 0.2) is 9.84 Å². The van der Waals surface area contributed by atoms with Crippen LogP contribution < -0.4 is 0 Å². The van der Waals surface area contributed by atoms with Gasteiger partial charge in [0.1, 0.15) is 5.82 Å². The Labute approximate surface area is 164 Å². The molecule has 0 radical (unpaired) electrons. The molecule has 1 heterocycles. The Balaban J connectivity index is 1.87. The van der Waals surface area contributed by atoms with Crippen LogP contribution in [0.3, 0.4) is 0 Å². The maximum atomic E-state index is 13.4. The minimum atomic E-state index is -4.15. The zero-order valence-electron chi connectivity index (χ0n) is 14.4. The van der Waals surface area contributed by atoms with Crippen molar-refractivity contribution in [1.29, 1.82) is 0 Å². The quantitative estimate of drug-likeness (QED) is 0.728. The van der Waals surface area contributed by atoms with Gasteiger partial charge in [0, 0.05) is 13.0 Å². The molecule has 0 unspecified atom stereocenters. The van der Waals surface area contributed by atoms with E-state index in [0.717, 1.165) is 23.1 Å². The van der Waals surface area contributed by atoms with Crippen molar-refractivity contribution >= 4 is 33.3 Å². The molecule has 28 heavy (non-hydrogen) atoms. The maximum Gasteiger partial charge on any atom is 0.307 e. The van der Waals surface area contributed by atoms with E-state index in [1.54, 1.807) is 0 Å². The molecule has 1 aromatic rings. The number of amides is 1. The fourth-order valence-electron chi connectivity index (χ4n) is 3.83. The number of carboxylic acid groups (broad SMARTS) is 1. The third-order valence-corrected chi connectivity index (χ3v) is 7.93. The Morgan fingerprint density at radius 2 is 1.86 bits per heavy atom. The number of halogens is 4. The van der Waals surface area contributed by atoms with Gasteiger partial charge in [0.05, 0.1) is 33.5 Å². The number of rotatable bonds is 4. The molecule has 11 heteroatoms. The normalized spacial score (nSPS) is 27.1. The number of sulfone groups is 1. The molecule has 0 spiro atoms. The highest BCUT2D eigenvalue weighted by Gasteiger charge is 2.51. The van der Waals surface area contributed by atoms with Crippen LogP contribution in [0.25, 0.3) is 0 Å². The summed E-state index contributed by atoms with van der Waals surface area (Å²) in [4.78, 5) is 24.8. The fraction of sp³-hybridized carbons (Fsp3) is 0.529. The smallest absolute Gasteiger partial charge is 0.307 e. The third kappa shape index (κ3) is 3.84. The molecule has 2 aliphatic rings. The van der Waals surface area contributed by atoms with E-state index in [4.69, 9.17) is 11.6 Å². The molecule has 1 aliphatic heterocycles. The molecule has 6 nitrogen and oxygen atoms in total. The average Bonchev–Trinajstić information content (AvgIpc) is 3.18. The summed E-state index contributed by atoms with van der Waals surface area (Å²) in [6.45, 7) is -1.02. The van der Waals surface area contributed by atoms with Crippen LogP contribution >= 0.6 is 11.6 Å². The van der Waals surface area contributed by atoms with E-state index >= 15 is 0 Å². The average molecular weight is 440 g/mol. The van der Waals surface area contributed by atoms with Crippen LogP contribution in [0, 0.1) is 17.7 Å². The summed E-state index contributed by atoms with van der Waals surface area (Å²) >= 11 is 5.83. The molecular formula is C17H17ClF3NO5S. The van der Waals surface area contributed by atoms with Crippen molar-refractivity contribution in [2.45, 2.75) is 35.3 Å². The number of nitrogens with zero attached hydrogens (tertiary/aromatic N) is 1. The number of benzene rings is 1. The molecule has 2 fully saturated rings. The lowest BCUT2D eigenvalue weighted by Gasteiger charge is -2.22. The molecule has 1 saturated heterocycles. The van der Waals surface area contributed by atoms with Gasteiger partial charge >= 0.3 is 5.97 Å². The van der Waals surface area contributed by atoms with Crippen molar-refractivity contribution in [3.8, 4) is 0 Å². The number of likely N-dealkylation sites (tertiary alicyclic amines) is 1. The van der Waals surface area contributed by atoms with Crippen LogP contribution in [0.5, 0.6) is 0 Å². The van der Waals surface area contributed by atoms with E-state index in [-0.39, 0.29) is 29.3 Å². The van der Waals surface area contributed by atoms with Crippen molar-refractivity contribution in [2.24, 2.45) is 11.8 Å². The van der Waals surface area contributed by atoms with E-state index in [0.29, 0.717) is 0 Å². The standard InChI is InChI=1S/C17H17ClF3NO5S/c18-13-5-9(19)1-2-14(13)28(26,27)10-6-11(12(7-10)16(24)25)15(23)22-4-3-17(20,21)8-22/h1-2,5,10-12H,3-4,6-8H2,(H,24,25)/t10-,11-,12-/m1/s1. The van der Waals surface area contributed by atoms with Crippen LogP contribution in [-0.4, -0.2) is 54.6 Å². The zero-order chi connectivity index (χ0) is 20.9. The van der Waals surface area contributed by atoms with Crippen molar-refractivity contribution in [3.05, 3.63) is 29.0 Å². The van der Waals surface area contributed by atoms with Crippen molar-refractivity contribution in [3.63, 3.8) is 0 Å². The first-order valence-corrected chi connectivity index (χ1v) is 10.4. The summed E-state index contributed by atoms with van der Waals surface area (Å²) in [5.74, 6) is -8.48. The van der Waals surface area contributed by atoms with E-state index in [1.165, 1.54) is 0 Å². The van der Waals surface area contributed by atoms with E-state index in [2.05, 4.69) is 0 Å². The number of alkyl halides is 2. The highest BCUT2D eigenvalue weighted by molar-refractivity contribution is 7.92. The van der Waals surface area contributed by atoms with Crippen LogP contribution in [-0.2, 0) is 19.4 Å². The second-order valence-electron chi connectivity index (χ2n) is 7.13. The van der Waals surface area contributed by atoms with Gasteiger partial charge in [-0.3, -0.25) is 9.59 Å². The van der Waals surface area contributed by atoms with E-state index < -0.39 is 63.5 Å². The monoisotopic (exact) mass is 439 g/mol. The molecule has 0 aromatic heterocycles. The first-order valence-electron chi connectivity index (χ1n) is 8.51. The summed E-state index contributed by atoms with van der Waals surface area (Å²) in [6, 6.07) is 2.73. The fourth-order valence-corrected chi connectivity index (χ4v) is 6.19. The second-order valence-corrected chi connectivity index (χ2v) is 9.73. The predicted molar refractivity (Wildman–Crippen MR) is 92.4 cm³/mol. The van der Waals surface area contributed by atoms with Gasteiger partial charge in [-0.1, -0.05) is 11.6 Å². The van der Waals surface area contributed by atoms with Gasteiger partial charge in [0.2, 0.25) is 5.91 Å². The highest BCUT2D eigenvalue weighted by atomic mass is 35.5. The topological polar surface area (TPSA) is 91.7 Å². The van der Waals surface area contributed by atoms with Crippen molar-refractivity contribution < 1.29 is 36.3 Å². The van der Waals surface area contributed by atoms with Crippen LogP contribution in [0.1, 0.15) is 19.3 Å². The van der Waals surface area contributed by atoms with Gasteiger partial charge in [-0.05, 0) is 31.0 Å². The first-order chi connectivity index (χ1) is 12.9. The number of hydrogen-bond acceptors (Lipinski definition) is 4. The van der Waals surface area contributed by atoms with Gasteiger partial charge in [-0.2, -0.15) is 0 Å². The van der Waals surface area contributed by atoms with Gasteiger partial charge < -0.3 is 10.0 Å². The Hall–Kier alpha value is -1.81. The first kappa shape index (κ1) is 20.9. The van der Waals surface area contributed by atoms with Gasteiger partial charge in [0.25, 0.3) is 5.92 Å². The number of carboxylic acids is 1. The van der Waals surface area contributed by atoms with E-state index in [9.17, 15) is 36.3 Å². The lowest BCUT2D eigenvalue weighted by Crippen LogP contribution is -2.39. The molecule has 1 amide bonds. The molecule has 1 saturated carbocycles. The van der Waals surface area contributed by atoms with Crippen LogP contribution in [0.4, 0.5) is 13.2 Å². The lowest BCUT2D eigenvalue weighted by atomic mass is 9.95. The third-order valence-electron chi connectivity index (χ3n) is 5.27. The molecule has 154 valence electrons. The van der Waals surface area contributed by atoms with Crippen LogP contribution in [0.15, 0.2) is 23.1 Å². The maximum absolute atomic E-state index is 13.4. The molecule has 1 aliphatic carbocycles. The molecule has 3 atom stereocenters. The second kappa shape index (κ2) is 7.22. The van der Waals surface area contributed by atoms with Crippen molar-refractivity contribution in [2.75, 3.05) is 13.1 Å². The molecule has 3 rings (SSSR count). The van der Waals surface area contributed by atoms with Gasteiger partial charge in [-0.15, -0.1) is 0 Å². The summed E-state index contributed by atoms with van der Waals surface area (Å²) in [6.07, 6.45) is -1.20. The number of hydrogen-bond donors (Lipinski definition) is 1. The minimum Gasteiger partial charge on any atom is -0.481 e. The minimum absolute atomic E-state index is 0.212. The SMILES string of the molecule is O=C(O)[C@@H]1C[C@H](S(=O)(=O)c2ccc(F)cc2Cl)C[C@H]1C(=O)N1CCC(F)(F)C1. The summed E-state index contributed by atoms with van der Waals surface area (Å²) in [7, 11) is -4.15. The Kier molecular flexibility index (Phi) is 5.39. The summed E-state index contributed by atoms with van der Waals surface area (Å²) in [5.41, 5.74) is 0. The number of carbonyl (C=O) groups excluding carboxylic acids is 1. The highest BCUT2D eigenvalue weighted by Crippen LogP contribution is 2.42. The number of aliphatic carboxylic acids is 1. The molecule has 1 N–H and O–H groups in total. The lowest BCUT2D eigenvalue weighted by molar-refractivity contribution is -0.149. The Bertz CT molecular complexity index is 923. The van der Waals surface area contributed by atoms with Crippen LogP contribution in [0.2, 0.25) is 5.02 Å².